The van der Waals surface area contributed by atoms with Crippen LogP contribution in [-0.2, 0) is 21.1 Å². The molecule has 0 unspecified atom stereocenters. The second-order valence-corrected chi connectivity index (χ2v) is 2.37. The van der Waals surface area contributed by atoms with E-state index >= 15 is 0 Å². The van der Waals surface area contributed by atoms with Gasteiger partial charge in [-0.05, 0) is 0 Å². The van der Waals surface area contributed by atoms with Crippen LogP contribution in [0.4, 0.5) is 0 Å². The van der Waals surface area contributed by atoms with E-state index in [0.717, 1.165) is 0 Å². The summed E-state index contributed by atoms with van der Waals surface area (Å²) in [5.74, 6) is 0. The summed E-state index contributed by atoms with van der Waals surface area (Å²) in [6.07, 6.45) is 3.55. The van der Waals surface area contributed by atoms with Crippen molar-refractivity contribution in [3.8, 4) is 0 Å². The van der Waals surface area contributed by atoms with Crippen LogP contribution in [0.1, 0.15) is 0 Å². The molecular weight excluding hydrogens is 271 g/mol. The number of nitrogens with zero attached hydrogens (tertiary/aromatic N) is 1. The molecule has 0 atom stereocenters. The van der Waals surface area contributed by atoms with E-state index in [9.17, 15) is 0 Å². The van der Waals surface area contributed by atoms with Gasteiger partial charge in [-0.1, -0.05) is 0 Å². The number of pyridine rings is 1. The average molecular weight is 275 g/mol. The van der Waals surface area contributed by atoms with Crippen LogP contribution in [0.15, 0.2) is 24.5 Å². The summed E-state index contributed by atoms with van der Waals surface area (Å²) >= 11 is 2.41. The van der Waals surface area contributed by atoms with Gasteiger partial charge in [-0.15, -0.1) is 0 Å². The molecular formula is C5H4AuN. The third-order valence-electron chi connectivity index (χ3n) is 0.614. The second-order valence-electron chi connectivity index (χ2n) is 1.12. The molecule has 0 amide bonds. The fraction of sp³-hybridized carbons (Fsp3) is 0. The Kier molecular flexibility index (Phi) is 1.63. The quantitative estimate of drug-likeness (QED) is 0.619. The Morgan fingerprint density at radius 2 is 1.86 bits per heavy atom. The molecule has 0 aliphatic carbocycles. The van der Waals surface area contributed by atoms with Gasteiger partial charge < -0.3 is 0 Å². The zero-order valence-corrected chi connectivity index (χ0v) is 5.72. The van der Waals surface area contributed by atoms with Crippen LogP contribution in [-0.4, -0.2) is 4.98 Å². The maximum atomic E-state index is 3.84. The summed E-state index contributed by atoms with van der Waals surface area (Å²) in [6.45, 7) is 0. The van der Waals surface area contributed by atoms with Crippen LogP contribution in [0.25, 0.3) is 0 Å². The van der Waals surface area contributed by atoms with E-state index in [1.165, 1.54) is 3.78 Å². The van der Waals surface area contributed by atoms with Crippen LogP contribution in [0.5, 0.6) is 0 Å². The van der Waals surface area contributed by atoms with E-state index in [1.54, 1.807) is 12.4 Å². The second kappa shape index (κ2) is 2.26. The molecule has 0 saturated carbocycles. The summed E-state index contributed by atoms with van der Waals surface area (Å²) in [7, 11) is 0. The molecule has 1 nitrogen and oxygen atoms in total. The molecule has 0 bridgehead atoms. The van der Waals surface area contributed by atoms with Crippen LogP contribution in [0.2, 0.25) is 0 Å². The van der Waals surface area contributed by atoms with E-state index in [2.05, 4.69) is 26.1 Å². The van der Waals surface area contributed by atoms with Crippen molar-refractivity contribution in [2.24, 2.45) is 0 Å². The van der Waals surface area contributed by atoms with E-state index in [-0.39, 0.29) is 0 Å². The summed E-state index contributed by atoms with van der Waals surface area (Å²) < 4.78 is 1.20. The molecule has 0 aliphatic heterocycles. The Labute approximate surface area is 54.7 Å². The van der Waals surface area contributed by atoms with Gasteiger partial charge in [0.1, 0.15) is 0 Å². The number of rotatable bonds is 0. The van der Waals surface area contributed by atoms with Gasteiger partial charge in [0.15, 0.2) is 0 Å². The minimum absolute atomic E-state index is 1.20. The van der Waals surface area contributed by atoms with Crippen LogP contribution >= 0.6 is 0 Å². The first-order chi connectivity index (χ1) is 3.39. The number of aromatic nitrogens is 1. The molecule has 1 aromatic heterocycles. The van der Waals surface area contributed by atoms with Crippen molar-refractivity contribution in [2.75, 3.05) is 0 Å². The molecule has 1 rings (SSSR count). The van der Waals surface area contributed by atoms with Crippen molar-refractivity contribution >= 4 is 3.78 Å². The first-order valence-corrected chi connectivity index (χ1v) is 2.99. The van der Waals surface area contributed by atoms with Gasteiger partial charge in [0, 0.05) is 0 Å². The first kappa shape index (κ1) is 5.04. The molecule has 40 valence electrons. The molecule has 0 spiro atoms. The van der Waals surface area contributed by atoms with E-state index in [4.69, 9.17) is 0 Å². The molecule has 1 aromatic rings. The van der Waals surface area contributed by atoms with Gasteiger partial charge >= 0.3 is 54.4 Å². The van der Waals surface area contributed by atoms with Crippen LogP contribution < -0.4 is 3.78 Å². The Morgan fingerprint density at radius 3 is 2.14 bits per heavy atom. The predicted octanol–water partition coefficient (Wildman–Crippen LogP) is 0.254. The minimum atomic E-state index is 1.20. The molecule has 0 N–H and O–H groups in total. The fourth-order valence-corrected chi connectivity index (χ4v) is 0.645. The molecule has 7 heavy (non-hydrogen) atoms. The Bertz CT molecular complexity index is 138. The third-order valence-corrected chi connectivity index (χ3v) is 1.34. The molecule has 1 heterocycles. The van der Waals surface area contributed by atoms with Crippen molar-refractivity contribution in [3.63, 3.8) is 0 Å². The molecule has 0 aromatic carbocycles. The van der Waals surface area contributed by atoms with Crippen molar-refractivity contribution in [2.45, 2.75) is 0 Å². The van der Waals surface area contributed by atoms with E-state index < -0.39 is 0 Å². The Hall–Kier alpha value is -0.110. The zero-order chi connectivity index (χ0) is 5.11. The standard InChI is InChI=1S/C5H4N.Au/c1-2-4-6-5-3-1;/h2-5H;. The molecule has 2 heteroatoms. The van der Waals surface area contributed by atoms with Crippen LogP contribution in [0.3, 0.4) is 0 Å². The Balaban J connectivity index is 3.02. The summed E-state index contributed by atoms with van der Waals surface area (Å²) in [6, 6.07) is 3.90. The van der Waals surface area contributed by atoms with Crippen LogP contribution in [0, 0.1) is 0 Å². The molecule has 0 fully saturated rings. The summed E-state index contributed by atoms with van der Waals surface area (Å²) in [4.78, 5) is 3.84. The van der Waals surface area contributed by atoms with Gasteiger partial charge in [0.25, 0.3) is 0 Å². The van der Waals surface area contributed by atoms with Gasteiger partial charge in [-0.25, -0.2) is 0 Å². The summed E-state index contributed by atoms with van der Waals surface area (Å²) in [5.41, 5.74) is 0. The van der Waals surface area contributed by atoms with E-state index in [1.807, 2.05) is 12.1 Å². The number of hydrogen-bond acceptors (Lipinski definition) is 1. The van der Waals surface area contributed by atoms with Gasteiger partial charge in [-0.3, -0.25) is 0 Å². The molecule has 0 saturated heterocycles. The monoisotopic (exact) mass is 275 g/mol. The van der Waals surface area contributed by atoms with Crippen molar-refractivity contribution in [3.05, 3.63) is 24.5 Å². The Morgan fingerprint density at radius 1 is 1.29 bits per heavy atom. The maximum absolute atomic E-state index is 3.84. The van der Waals surface area contributed by atoms with Crippen molar-refractivity contribution in [1.29, 1.82) is 0 Å². The molecule has 0 radical (unpaired) electrons. The van der Waals surface area contributed by atoms with Gasteiger partial charge in [-0.2, -0.15) is 0 Å². The van der Waals surface area contributed by atoms with Gasteiger partial charge in [0.2, 0.25) is 0 Å². The topological polar surface area (TPSA) is 12.9 Å². The third kappa shape index (κ3) is 1.43. The normalized spacial score (nSPS) is 8.86. The fourth-order valence-electron chi connectivity index (χ4n) is 0.322. The van der Waals surface area contributed by atoms with Crippen molar-refractivity contribution < 1.29 is 21.1 Å². The number of hydrogen-bond donors (Lipinski definition) is 0. The predicted molar refractivity (Wildman–Crippen MR) is 23.9 cm³/mol. The van der Waals surface area contributed by atoms with E-state index in [0.29, 0.717) is 0 Å². The zero-order valence-electron chi connectivity index (χ0n) is 3.56. The molecule has 0 aliphatic rings. The first-order valence-electron chi connectivity index (χ1n) is 1.91. The van der Waals surface area contributed by atoms with Gasteiger partial charge in [0.05, 0.1) is 0 Å². The van der Waals surface area contributed by atoms with Crippen molar-refractivity contribution in [1.82, 2.24) is 4.98 Å². The average Bonchev–Trinajstić information content (AvgIpc) is 1.69. The SMILES string of the molecule is [Au][c]1ccncc1. The summed E-state index contributed by atoms with van der Waals surface area (Å²) in [5, 5.41) is 0.